The molecule has 1 saturated heterocycles. The second kappa shape index (κ2) is 9.56. The van der Waals surface area contributed by atoms with Gasteiger partial charge in [-0.3, -0.25) is 4.79 Å². The van der Waals surface area contributed by atoms with E-state index in [1.165, 1.54) is 0 Å². The van der Waals surface area contributed by atoms with Gasteiger partial charge in [0, 0.05) is 57.4 Å². The molecule has 34 heavy (non-hydrogen) atoms. The van der Waals surface area contributed by atoms with E-state index in [1.807, 2.05) is 37.4 Å². The molecule has 3 aromatic rings. The first-order valence-corrected chi connectivity index (χ1v) is 12.0. The van der Waals surface area contributed by atoms with Crippen molar-refractivity contribution in [3.05, 3.63) is 59.4 Å². The quantitative estimate of drug-likeness (QED) is 0.545. The Morgan fingerprint density at radius 3 is 2.68 bits per heavy atom. The maximum Gasteiger partial charge on any atom is 0.339 e. The fraction of sp³-hybridized carbons (Fsp3) is 0.423. The van der Waals surface area contributed by atoms with Crippen LogP contribution in [0.2, 0.25) is 0 Å². The minimum absolute atomic E-state index is 0.0829. The number of nitrogens with zero attached hydrogens (tertiary/aromatic N) is 4. The van der Waals surface area contributed by atoms with Crippen molar-refractivity contribution in [1.29, 1.82) is 0 Å². The molecule has 1 unspecified atom stereocenters. The van der Waals surface area contributed by atoms with E-state index >= 15 is 0 Å². The molecule has 0 bridgehead atoms. The SMILES string of the molecule is CCN1CCN(CCc2nc3cc(NC(=O)CC4OC(=O)c5ccccc54)ccc3n2C)CC1. The van der Waals surface area contributed by atoms with Crippen LogP contribution < -0.4 is 5.32 Å². The average Bonchev–Trinajstić information content (AvgIpc) is 3.33. The Morgan fingerprint density at radius 2 is 1.88 bits per heavy atom. The van der Waals surface area contributed by atoms with Crippen molar-refractivity contribution in [2.45, 2.75) is 25.9 Å². The Hall–Kier alpha value is -3.23. The van der Waals surface area contributed by atoms with Crippen molar-refractivity contribution >= 4 is 28.6 Å². The highest BCUT2D eigenvalue weighted by Gasteiger charge is 2.32. The average molecular weight is 462 g/mol. The second-order valence-electron chi connectivity index (χ2n) is 9.05. The number of carbonyl (C=O) groups excluding carboxylic acids is 2. The van der Waals surface area contributed by atoms with E-state index < -0.39 is 6.10 Å². The lowest BCUT2D eigenvalue weighted by Crippen LogP contribution is -2.46. The number of aromatic nitrogens is 2. The Morgan fingerprint density at radius 1 is 1.12 bits per heavy atom. The van der Waals surface area contributed by atoms with Crippen molar-refractivity contribution in [3.63, 3.8) is 0 Å². The first-order chi connectivity index (χ1) is 16.5. The Bertz CT molecular complexity index is 1210. The number of aryl methyl sites for hydroxylation is 1. The molecule has 1 amide bonds. The molecule has 178 valence electrons. The van der Waals surface area contributed by atoms with Gasteiger partial charge in [-0.1, -0.05) is 25.1 Å². The lowest BCUT2D eigenvalue weighted by atomic mass is 10.0. The van der Waals surface area contributed by atoms with Gasteiger partial charge in [0.2, 0.25) is 5.91 Å². The van der Waals surface area contributed by atoms with E-state index in [2.05, 4.69) is 26.6 Å². The topological polar surface area (TPSA) is 79.7 Å². The van der Waals surface area contributed by atoms with E-state index in [1.54, 1.807) is 12.1 Å². The highest BCUT2D eigenvalue weighted by molar-refractivity contribution is 5.97. The zero-order chi connectivity index (χ0) is 23.7. The minimum Gasteiger partial charge on any atom is -0.453 e. The van der Waals surface area contributed by atoms with Gasteiger partial charge in [0.15, 0.2) is 0 Å². The summed E-state index contributed by atoms with van der Waals surface area (Å²) >= 11 is 0. The summed E-state index contributed by atoms with van der Waals surface area (Å²) in [6.07, 6.45) is 0.429. The number of cyclic esters (lactones) is 1. The molecule has 1 atom stereocenters. The Balaban J connectivity index is 1.21. The van der Waals surface area contributed by atoms with Crippen LogP contribution in [0.4, 0.5) is 5.69 Å². The van der Waals surface area contributed by atoms with Gasteiger partial charge in [-0.25, -0.2) is 9.78 Å². The maximum absolute atomic E-state index is 12.7. The number of benzene rings is 2. The minimum atomic E-state index is -0.548. The van der Waals surface area contributed by atoms with Crippen molar-refractivity contribution < 1.29 is 14.3 Å². The molecule has 0 spiro atoms. The molecule has 8 nitrogen and oxygen atoms in total. The van der Waals surface area contributed by atoms with Crippen LogP contribution in [-0.4, -0.2) is 70.5 Å². The van der Waals surface area contributed by atoms with E-state index in [9.17, 15) is 9.59 Å². The highest BCUT2D eigenvalue weighted by Crippen LogP contribution is 2.33. The first-order valence-electron chi connectivity index (χ1n) is 12.0. The highest BCUT2D eigenvalue weighted by atomic mass is 16.5. The lowest BCUT2D eigenvalue weighted by molar-refractivity contribution is -0.118. The lowest BCUT2D eigenvalue weighted by Gasteiger charge is -2.33. The zero-order valence-electron chi connectivity index (χ0n) is 19.8. The molecule has 2 aliphatic heterocycles. The number of nitrogens with one attached hydrogen (secondary N) is 1. The van der Waals surface area contributed by atoms with Crippen LogP contribution in [0, 0.1) is 0 Å². The molecule has 0 saturated carbocycles. The van der Waals surface area contributed by atoms with Crippen LogP contribution >= 0.6 is 0 Å². The molecule has 2 aliphatic rings. The van der Waals surface area contributed by atoms with Gasteiger partial charge in [-0.15, -0.1) is 0 Å². The number of piperazine rings is 1. The van der Waals surface area contributed by atoms with Gasteiger partial charge in [0.1, 0.15) is 11.9 Å². The molecular weight excluding hydrogens is 430 g/mol. The molecule has 1 aromatic heterocycles. The molecule has 1 fully saturated rings. The largest absolute Gasteiger partial charge is 0.453 e. The normalized spacial score (nSPS) is 18.8. The van der Waals surface area contributed by atoms with Gasteiger partial charge in [-0.2, -0.15) is 0 Å². The summed E-state index contributed by atoms with van der Waals surface area (Å²) in [5, 5.41) is 2.94. The van der Waals surface area contributed by atoms with Crippen LogP contribution in [-0.2, 0) is 23.0 Å². The molecule has 5 rings (SSSR count). The van der Waals surface area contributed by atoms with Crippen LogP contribution in [0.15, 0.2) is 42.5 Å². The number of imidazole rings is 1. The standard InChI is InChI=1S/C26H31N5O3/c1-3-30-12-14-31(15-13-30)11-10-24-28-21-16-18(8-9-22(21)29(24)2)27-25(32)17-23-19-6-4-5-7-20(19)26(33)34-23/h4-9,16,23H,3,10-15,17H2,1-2H3,(H,27,32). The number of carbonyl (C=O) groups is 2. The van der Waals surface area contributed by atoms with Crippen LogP contribution in [0.5, 0.6) is 0 Å². The number of hydrogen-bond acceptors (Lipinski definition) is 6. The predicted octanol–water partition coefficient (Wildman–Crippen LogP) is 2.99. The van der Waals surface area contributed by atoms with Crippen molar-refractivity contribution in [3.8, 4) is 0 Å². The summed E-state index contributed by atoms with van der Waals surface area (Å²) in [4.78, 5) is 34.5. The summed E-state index contributed by atoms with van der Waals surface area (Å²) < 4.78 is 7.53. The van der Waals surface area contributed by atoms with Crippen LogP contribution in [0.1, 0.15) is 41.2 Å². The van der Waals surface area contributed by atoms with E-state index in [4.69, 9.17) is 9.72 Å². The van der Waals surface area contributed by atoms with Gasteiger partial charge in [-0.05, 0) is 30.8 Å². The number of anilines is 1. The monoisotopic (exact) mass is 461 g/mol. The summed E-state index contributed by atoms with van der Waals surface area (Å²) in [5.41, 5.74) is 3.90. The van der Waals surface area contributed by atoms with Crippen molar-refractivity contribution in [2.75, 3.05) is 44.6 Å². The summed E-state index contributed by atoms with van der Waals surface area (Å²) in [5.74, 6) is 0.477. The van der Waals surface area contributed by atoms with Crippen molar-refractivity contribution in [2.24, 2.45) is 7.05 Å². The number of likely N-dealkylation sites (N-methyl/N-ethyl adjacent to an activating group) is 1. The Labute approximate surface area is 199 Å². The summed E-state index contributed by atoms with van der Waals surface area (Å²) in [6.45, 7) is 8.82. The van der Waals surface area contributed by atoms with E-state index in [0.717, 1.165) is 68.1 Å². The van der Waals surface area contributed by atoms with E-state index in [-0.39, 0.29) is 18.3 Å². The molecular formula is C26H31N5O3. The van der Waals surface area contributed by atoms with E-state index in [0.29, 0.717) is 11.3 Å². The number of hydrogen-bond donors (Lipinski definition) is 1. The van der Waals surface area contributed by atoms with Gasteiger partial charge >= 0.3 is 5.97 Å². The third-order valence-electron chi connectivity index (χ3n) is 6.97. The fourth-order valence-corrected chi connectivity index (χ4v) is 4.89. The third kappa shape index (κ3) is 4.56. The summed E-state index contributed by atoms with van der Waals surface area (Å²) in [7, 11) is 2.05. The molecule has 0 aliphatic carbocycles. The summed E-state index contributed by atoms with van der Waals surface area (Å²) in [6, 6.07) is 13.0. The second-order valence-corrected chi connectivity index (χ2v) is 9.05. The van der Waals surface area contributed by atoms with Gasteiger partial charge in [0.05, 0.1) is 23.0 Å². The molecule has 1 N–H and O–H groups in total. The number of fused-ring (bicyclic) bond motifs is 2. The number of rotatable bonds is 7. The number of esters is 1. The maximum atomic E-state index is 12.7. The third-order valence-corrected chi connectivity index (χ3v) is 6.97. The number of ether oxygens (including phenoxy) is 1. The molecule has 2 aromatic carbocycles. The zero-order valence-corrected chi connectivity index (χ0v) is 19.8. The van der Waals surface area contributed by atoms with Crippen LogP contribution in [0.25, 0.3) is 11.0 Å². The van der Waals surface area contributed by atoms with Crippen molar-refractivity contribution in [1.82, 2.24) is 19.4 Å². The van der Waals surface area contributed by atoms with Gasteiger partial charge < -0.3 is 24.4 Å². The molecule has 3 heterocycles. The molecule has 0 radical (unpaired) electrons. The number of amides is 1. The fourth-order valence-electron chi connectivity index (χ4n) is 4.89. The first kappa shape index (κ1) is 22.6. The predicted molar refractivity (Wildman–Crippen MR) is 131 cm³/mol. The van der Waals surface area contributed by atoms with Crippen LogP contribution in [0.3, 0.4) is 0 Å². The Kier molecular flexibility index (Phi) is 6.34. The smallest absolute Gasteiger partial charge is 0.339 e. The molecule has 8 heteroatoms. The van der Waals surface area contributed by atoms with Gasteiger partial charge in [0.25, 0.3) is 0 Å².